The summed E-state index contributed by atoms with van der Waals surface area (Å²) in [4.78, 5) is 12.3. The number of para-hydroxylation sites is 2. The number of H-pyrrole nitrogens is 1. The molecular weight excluding hydrogens is 316 g/mol. The zero-order valence-corrected chi connectivity index (χ0v) is 14.6. The lowest BCUT2D eigenvalue weighted by atomic mass is 10.1. The van der Waals surface area contributed by atoms with E-state index in [0.717, 1.165) is 34.1 Å². The average Bonchev–Trinajstić information content (AvgIpc) is 3.13. The number of hydrogen-bond acceptors (Lipinski definition) is 4. The molecule has 25 heavy (non-hydrogen) atoms. The van der Waals surface area contributed by atoms with Crippen molar-refractivity contribution in [2.24, 2.45) is 7.05 Å². The predicted octanol–water partition coefficient (Wildman–Crippen LogP) is 3.07. The Balaban J connectivity index is 1.65. The van der Waals surface area contributed by atoms with E-state index in [4.69, 9.17) is 0 Å². The van der Waals surface area contributed by atoms with Gasteiger partial charge in [-0.15, -0.1) is 0 Å². The molecule has 7 nitrogen and oxygen atoms in total. The summed E-state index contributed by atoms with van der Waals surface area (Å²) in [7, 11) is 1.86. The van der Waals surface area contributed by atoms with Gasteiger partial charge in [0.15, 0.2) is 5.82 Å². The Kier molecular flexibility index (Phi) is 4.83. The fraction of sp³-hybridized carbons (Fsp3) is 0.278. The van der Waals surface area contributed by atoms with Crippen LogP contribution < -0.4 is 10.6 Å². The Bertz CT molecular complexity index is 860. The molecule has 1 amide bonds. The Labute approximate surface area is 146 Å². The van der Waals surface area contributed by atoms with E-state index in [2.05, 4.69) is 25.9 Å². The molecule has 0 bridgehead atoms. The maximum atomic E-state index is 12.3. The number of aromatic amines is 1. The first-order chi connectivity index (χ1) is 12.0. The second-order valence-corrected chi connectivity index (χ2v) is 6.01. The molecule has 1 aromatic carbocycles. The van der Waals surface area contributed by atoms with Gasteiger partial charge in [-0.1, -0.05) is 12.1 Å². The van der Waals surface area contributed by atoms with Crippen molar-refractivity contribution in [2.45, 2.75) is 26.7 Å². The lowest BCUT2D eigenvalue weighted by Gasteiger charge is -2.11. The number of carbonyl (C=O) groups excluding carboxylic acids is 1. The molecule has 0 saturated carbocycles. The second-order valence-electron chi connectivity index (χ2n) is 6.01. The summed E-state index contributed by atoms with van der Waals surface area (Å²) < 4.78 is 1.72. The van der Waals surface area contributed by atoms with Crippen LogP contribution >= 0.6 is 0 Å². The van der Waals surface area contributed by atoms with Crippen LogP contribution in [0.15, 0.2) is 36.5 Å². The maximum Gasteiger partial charge on any atom is 0.224 e. The van der Waals surface area contributed by atoms with Crippen molar-refractivity contribution < 1.29 is 4.79 Å². The van der Waals surface area contributed by atoms with Crippen LogP contribution in [0.5, 0.6) is 0 Å². The zero-order chi connectivity index (χ0) is 17.8. The SMILES string of the molecule is Cc1n[nH]c(C)c1CCC(=O)Nc1ccccc1Nc1ccn(C)n1. The van der Waals surface area contributed by atoms with E-state index in [-0.39, 0.29) is 5.91 Å². The third-order valence-electron chi connectivity index (χ3n) is 4.06. The number of amides is 1. The van der Waals surface area contributed by atoms with Crippen molar-refractivity contribution in [3.63, 3.8) is 0 Å². The van der Waals surface area contributed by atoms with Crippen molar-refractivity contribution in [3.8, 4) is 0 Å². The highest BCUT2D eigenvalue weighted by atomic mass is 16.1. The lowest BCUT2D eigenvalue weighted by molar-refractivity contribution is -0.116. The largest absolute Gasteiger partial charge is 0.337 e. The first-order valence-electron chi connectivity index (χ1n) is 8.19. The Morgan fingerprint density at radius 3 is 2.60 bits per heavy atom. The van der Waals surface area contributed by atoms with Gasteiger partial charge < -0.3 is 10.6 Å². The van der Waals surface area contributed by atoms with E-state index in [1.807, 2.05) is 57.4 Å². The number of aromatic nitrogens is 4. The molecule has 3 rings (SSSR count). The molecule has 0 radical (unpaired) electrons. The summed E-state index contributed by atoms with van der Waals surface area (Å²) in [6.07, 6.45) is 2.92. The van der Waals surface area contributed by atoms with Crippen LogP contribution in [0.25, 0.3) is 0 Å². The van der Waals surface area contributed by atoms with Crippen LogP contribution in [0.2, 0.25) is 0 Å². The van der Waals surface area contributed by atoms with Crippen molar-refractivity contribution >= 4 is 23.1 Å². The minimum Gasteiger partial charge on any atom is -0.337 e. The smallest absolute Gasteiger partial charge is 0.224 e. The molecule has 2 heterocycles. The van der Waals surface area contributed by atoms with Crippen LogP contribution in [0.1, 0.15) is 23.4 Å². The highest BCUT2D eigenvalue weighted by Gasteiger charge is 2.11. The van der Waals surface area contributed by atoms with Gasteiger partial charge in [0, 0.05) is 31.4 Å². The lowest BCUT2D eigenvalue weighted by Crippen LogP contribution is -2.14. The number of rotatable bonds is 6. The van der Waals surface area contributed by atoms with Gasteiger partial charge in [0.1, 0.15) is 0 Å². The van der Waals surface area contributed by atoms with Crippen LogP contribution in [0.3, 0.4) is 0 Å². The van der Waals surface area contributed by atoms with Crippen LogP contribution in [0, 0.1) is 13.8 Å². The monoisotopic (exact) mass is 338 g/mol. The molecule has 0 saturated heterocycles. The highest BCUT2D eigenvalue weighted by molar-refractivity contribution is 5.94. The van der Waals surface area contributed by atoms with Gasteiger partial charge in [0.25, 0.3) is 0 Å². The molecule has 0 unspecified atom stereocenters. The van der Waals surface area contributed by atoms with Crippen molar-refractivity contribution in [1.29, 1.82) is 0 Å². The summed E-state index contributed by atoms with van der Waals surface area (Å²) in [6.45, 7) is 3.92. The number of anilines is 3. The summed E-state index contributed by atoms with van der Waals surface area (Å²) >= 11 is 0. The van der Waals surface area contributed by atoms with Crippen molar-refractivity contribution in [2.75, 3.05) is 10.6 Å². The maximum absolute atomic E-state index is 12.3. The minimum absolute atomic E-state index is 0.0322. The number of benzene rings is 1. The van der Waals surface area contributed by atoms with E-state index in [9.17, 15) is 4.79 Å². The van der Waals surface area contributed by atoms with Gasteiger partial charge in [-0.3, -0.25) is 14.6 Å². The predicted molar refractivity (Wildman–Crippen MR) is 97.9 cm³/mol. The van der Waals surface area contributed by atoms with E-state index >= 15 is 0 Å². The first-order valence-corrected chi connectivity index (χ1v) is 8.19. The van der Waals surface area contributed by atoms with Gasteiger partial charge in [-0.05, 0) is 38.0 Å². The van der Waals surface area contributed by atoms with Crippen molar-refractivity contribution in [1.82, 2.24) is 20.0 Å². The molecule has 0 aliphatic carbocycles. The quantitative estimate of drug-likeness (QED) is 0.644. The number of carbonyl (C=O) groups is 1. The standard InChI is InChI=1S/C18H22N6O/c1-12-14(13(2)22-21-12)8-9-18(25)20-16-7-5-4-6-15(16)19-17-10-11-24(3)23-17/h4-7,10-11H,8-9H2,1-3H3,(H,19,23)(H,20,25)(H,21,22). The van der Waals surface area contributed by atoms with Crippen molar-refractivity contribution in [3.05, 3.63) is 53.5 Å². The number of nitrogens with zero attached hydrogens (tertiary/aromatic N) is 3. The summed E-state index contributed by atoms with van der Waals surface area (Å²) in [5.41, 5.74) is 4.61. The molecular formula is C18H22N6O. The molecule has 2 aromatic heterocycles. The van der Waals surface area contributed by atoms with Crippen LogP contribution in [-0.4, -0.2) is 25.9 Å². The van der Waals surface area contributed by atoms with E-state index < -0.39 is 0 Å². The van der Waals surface area contributed by atoms with Gasteiger partial charge in [0.2, 0.25) is 5.91 Å². The fourth-order valence-electron chi connectivity index (χ4n) is 2.71. The van der Waals surface area contributed by atoms with E-state index in [1.165, 1.54) is 0 Å². The number of aryl methyl sites for hydroxylation is 3. The minimum atomic E-state index is -0.0322. The molecule has 0 spiro atoms. The first kappa shape index (κ1) is 16.8. The van der Waals surface area contributed by atoms with Gasteiger partial charge >= 0.3 is 0 Å². The Hall–Kier alpha value is -3.09. The highest BCUT2D eigenvalue weighted by Crippen LogP contribution is 2.24. The fourth-order valence-corrected chi connectivity index (χ4v) is 2.71. The van der Waals surface area contributed by atoms with Gasteiger partial charge in [-0.2, -0.15) is 10.2 Å². The molecule has 0 aliphatic rings. The van der Waals surface area contributed by atoms with E-state index in [0.29, 0.717) is 12.8 Å². The number of nitrogens with one attached hydrogen (secondary N) is 3. The Morgan fingerprint density at radius 1 is 1.20 bits per heavy atom. The third kappa shape index (κ3) is 4.06. The zero-order valence-electron chi connectivity index (χ0n) is 14.6. The topological polar surface area (TPSA) is 87.6 Å². The summed E-state index contributed by atoms with van der Waals surface area (Å²) in [5, 5.41) is 17.6. The van der Waals surface area contributed by atoms with Crippen LogP contribution in [-0.2, 0) is 18.3 Å². The molecule has 7 heteroatoms. The summed E-state index contributed by atoms with van der Waals surface area (Å²) in [6, 6.07) is 9.47. The molecule has 3 aromatic rings. The molecule has 0 aliphatic heterocycles. The summed E-state index contributed by atoms with van der Waals surface area (Å²) in [5.74, 6) is 0.698. The molecule has 130 valence electrons. The molecule has 0 atom stereocenters. The average molecular weight is 338 g/mol. The third-order valence-corrected chi connectivity index (χ3v) is 4.06. The normalized spacial score (nSPS) is 10.7. The molecule has 3 N–H and O–H groups in total. The second kappa shape index (κ2) is 7.21. The Morgan fingerprint density at radius 2 is 1.96 bits per heavy atom. The number of hydrogen-bond donors (Lipinski definition) is 3. The van der Waals surface area contributed by atoms with Gasteiger partial charge in [-0.25, -0.2) is 0 Å². The van der Waals surface area contributed by atoms with Gasteiger partial charge in [0.05, 0.1) is 17.1 Å². The van der Waals surface area contributed by atoms with E-state index in [1.54, 1.807) is 4.68 Å². The molecule has 0 fully saturated rings. The van der Waals surface area contributed by atoms with Crippen LogP contribution in [0.4, 0.5) is 17.2 Å².